The Balaban J connectivity index is 1.68. The average Bonchev–Trinajstić information content (AvgIpc) is 3.01. The highest BCUT2D eigenvalue weighted by atomic mass is 127. The quantitative estimate of drug-likeness (QED) is 0.564. The highest BCUT2D eigenvalue weighted by molar-refractivity contribution is 14.1. The summed E-state index contributed by atoms with van der Waals surface area (Å²) in [5, 5.41) is 17.6. The van der Waals surface area contributed by atoms with Crippen molar-refractivity contribution in [3.8, 4) is 11.5 Å². The molecular weight excluding hydrogens is 463 g/mol. The number of rotatable bonds is 3. The summed E-state index contributed by atoms with van der Waals surface area (Å²) in [6, 6.07) is 3.63. The number of thiophene rings is 1. The molecule has 2 aromatic rings. The smallest absolute Gasteiger partial charge is 0.256 e. The van der Waals surface area contributed by atoms with E-state index in [1.807, 2.05) is 6.07 Å². The molecule has 1 aromatic carbocycles. The number of ether oxygens (including phenoxy) is 1. The molecule has 0 saturated carbocycles. The normalized spacial score (nSPS) is 21.4. The van der Waals surface area contributed by atoms with Crippen LogP contribution in [0.4, 0.5) is 5.00 Å². The minimum atomic E-state index is -0.333. The zero-order valence-corrected chi connectivity index (χ0v) is 17.7. The van der Waals surface area contributed by atoms with Gasteiger partial charge in [-0.1, -0.05) is 13.3 Å². The molecule has 0 saturated heterocycles. The molecule has 3 N–H and O–H groups in total. The second kappa shape index (κ2) is 6.92. The Morgan fingerprint density at radius 3 is 2.92 bits per heavy atom. The molecule has 0 radical (unpaired) electrons. The van der Waals surface area contributed by atoms with Gasteiger partial charge in [-0.05, 0) is 71.0 Å². The van der Waals surface area contributed by atoms with Crippen molar-refractivity contribution in [2.45, 2.75) is 38.8 Å². The fourth-order valence-corrected chi connectivity index (χ4v) is 5.81. The van der Waals surface area contributed by atoms with Crippen molar-refractivity contribution >= 4 is 44.8 Å². The van der Waals surface area contributed by atoms with E-state index >= 15 is 0 Å². The van der Waals surface area contributed by atoms with Gasteiger partial charge in [0, 0.05) is 4.88 Å². The minimum Gasteiger partial charge on any atom is -0.504 e. The number of methoxy groups -OCH3 is 1. The van der Waals surface area contributed by atoms with Gasteiger partial charge in [-0.15, -0.1) is 11.3 Å². The van der Waals surface area contributed by atoms with E-state index in [9.17, 15) is 9.90 Å². The molecule has 0 bridgehead atoms. The number of amides is 1. The van der Waals surface area contributed by atoms with Gasteiger partial charge in [0.05, 0.1) is 16.2 Å². The maximum Gasteiger partial charge on any atom is 0.256 e. The van der Waals surface area contributed by atoms with Gasteiger partial charge < -0.3 is 20.5 Å². The Bertz CT molecular complexity index is 880. The molecule has 7 heteroatoms. The first kappa shape index (κ1) is 17.9. The Labute approximate surface area is 170 Å². The number of phenolic OH excluding ortho intramolecular Hbond substituents is 1. The highest BCUT2D eigenvalue weighted by Crippen LogP contribution is 2.44. The van der Waals surface area contributed by atoms with Crippen LogP contribution in [0, 0.1) is 9.49 Å². The standard InChI is InChI=1S/C19H21IN2O3S/c1-3-9-4-5-11-14(6-9)26-19-15(11)18(24)21-17(22-19)10-7-12(20)16(23)13(8-10)25-2/h7-9,17,22-23H,3-6H2,1-2H3,(H,21,24)/t9-,17-/m0/s1. The number of aromatic hydroxyl groups is 1. The van der Waals surface area contributed by atoms with Gasteiger partial charge in [-0.25, -0.2) is 0 Å². The molecule has 2 atom stereocenters. The van der Waals surface area contributed by atoms with Crippen LogP contribution in [0.25, 0.3) is 0 Å². The van der Waals surface area contributed by atoms with Gasteiger partial charge in [0.2, 0.25) is 0 Å². The largest absolute Gasteiger partial charge is 0.504 e. The highest BCUT2D eigenvalue weighted by Gasteiger charge is 2.33. The molecule has 1 aliphatic carbocycles. The summed E-state index contributed by atoms with van der Waals surface area (Å²) >= 11 is 3.79. The van der Waals surface area contributed by atoms with E-state index in [4.69, 9.17) is 4.74 Å². The Morgan fingerprint density at radius 2 is 2.19 bits per heavy atom. The third-order valence-corrected chi connectivity index (χ3v) is 7.33. The molecule has 4 rings (SSSR count). The van der Waals surface area contributed by atoms with Crippen molar-refractivity contribution < 1.29 is 14.6 Å². The molecule has 26 heavy (non-hydrogen) atoms. The number of phenols is 1. The van der Waals surface area contributed by atoms with Crippen molar-refractivity contribution in [2.24, 2.45) is 5.92 Å². The monoisotopic (exact) mass is 484 g/mol. The number of carbonyl (C=O) groups excluding carboxylic acids is 1. The van der Waals surface area contributed by atoms with Crippen molar-refractivity contribution in [3.05, 3.63) is 37.3 Å². The summed E-state index contributed by atoms with van der Waals surface area (Å²) in [5.74, 6) is 1.24. The van der Waals surface area contributed by atoms with Crippen LogP contribution in [0.15, 0.2) is 12.1 Å². The maximum absolute atomic E-state index is 12.8. The van der Waals surface area contributed by atoms with Gasteiger partial charge in [-0.3, -0.25) is 4.79 Å². The number of anilines is 1. The Hall–Kier alpha value is -1.48. The number of hydrogen-bond acceptors (Lipinski definition) is 5. The van der Waals surface area contributed by atoms with Crippen LogP contribution in [0.1, 0.15) is 52.3 Å². The topological polar surface area (TPSA) is 70.6 Å². The predicted molar refractivity (Wildman–Crippen MR) is 111 cm³/mol. The first-order chi connectivity index (χ1) is 12.5. The summed E-state index contributed by atoms with van der Waals surface area (Å²) in [4.78, 5) is 14.2. The van der Waals surface area contributed by atoms with Crippen LogP contribution < -0.4 is 15.4 Å². The van der Waals surface area contributed by atoms with Crippen molar-refractivity contribution in [1.82, 2.24) is 5.32 Å². The lowest BCUT2D eigenvalue weighted by molar-refractivity contribution is 0.0935. The zero-order chi connectivity index (χ0) is 18.4. The summed E-state index contributed by atoms with van der Waals surface area (Å²) < 4.78 is 5.94. The summed E-state index contributed by atoms with van der Waals surface area (Å²) in [6.45, 7) is 2.24. The van der Waals surface area contributed by atoms with E-state index in [2.05, 4.69) is 40.1 Å². The second-order valence-corrected chi connectivity index (χ2v) is 9.10. The molecule has 1 aliphatic heterocycles. The molecule has 5 nitrogen and oxygen atoms in total. The fourth-order valence-electron chi connectivity index (χ4n) is 3.80. The lowest BCUT2D eigenvalue weighted by atomic mass is 9.85. The number of carbonyl (C=O) groups is 1. The molecule has 0 unspecified atom stereocenters. The fraction of sp³-hybridized carbons (Fsp3) is 0.421. The number of benzene rings is 1. The van der Waals surface area contributed by atoms with Crippen LogP contribution >= 0.6 is 33.9 Å². The summed E-state index contributed by atoms with van der Waals surface area (Å²) in [6.07, 6.45) is 4.09. The second-order valence-electron chi connectivity index (χ2n) is 6.83. The van der Waals surface area contributed by atoms with Crippen molar-refractivity contribution in [3.63, 3.8) is 0 Å². The lowest BCUT2D eigenvalue weighted by Gasteiger charge is -2.27. The van der Waals surface area contributed by atoms with E-state index in [1.54, 1.807) is 17.4 Å². The van der Waals surface area contributed by atoms with E-state index in [1.165, 1.54) is 24.0 Å². The van der Waals surface area contributed by atoms with Crippen molar-refractivity contribution in [1.29, 1.82) is 0 Å². The van der Waals surface area contributed by atoms with Gasteiger partial charge >= 0.3 is 0 Å². The summed E-state index contributed by atoms with van der Waals surface area (Å²) in [5.41, 5.74) is 2.92. The number of hydrogen-bond donors (Lipinski definition) is 3. The number of halogens is 1. The van der Waals surface area contributed by atoms with Crippen LogP contribution in [0.3, 0.4) is 0 Å². The molecule has 1 amide bonds. The first-order valence-electron chi connectivity index (χ1n) is 8.80. The van der Waals surface area contributed by atoms with E-state index in [-0.39, 0.29) is 17.8 Å². The predicted octanol–water partition coefficient (Wildman–Crippen LogP) is 4.44. The van der Waals surface area contributed by atoms with Gasteiger partial charge in [0.15, 0.2) is 11.5 Å². The van der Waals surface area contributed by atoms with E-state index in [0.29, 0.717) is 9.32 Å². The zero-order valence-electron chi connectivity index (χ0n) is 14.7. The molecule has 2 aliphatic rings. The van der Waals surface area contributed by atoms with Gasteiger partial charge in [-0.2, -0.15) is 0 Å². The molecular formula is C19H21IN2O3S. The van der Waals surface area contributed by atoms with Crippen LogP contribution in [0.2, 0.25) is 0 Å². The van der Waals surface area contributed by atoms with Crippen LogP contribution in [0.5, 0.6) is 11.5 Å². The SMILES string of the molecule is CC[C@H]1CCc2c(sc3c2C(=O)N[C@H](c2cc(I)c(O)c(OC)c2)N3)C1. The lowest BCUT2D eigenvalue weighted by Crippen LogP contribution is -2.38. The molecule has 0 spiro atoms. The third kappa shape index (κ3) is 2.94. The van der Waals surface area contributed by atoms with Crippen LogP contribution in [-0.2, 0) is 12.8 Å². The molecule has 1 aromatic heterocycles. The third-order valence-electron chi connectivity index (χ3n) is 5.33. The Kier molecular flexibility index (Phi) is 4.77. The first-order valence-corrected chi connectivity index (χ1v) is 10.7. The van der Waals surface area contributed by atoms with E-state index < -0.39 is 0 Å². The average molecular weight is 484 g/mol. The van der Waals surface area contributed by atoms with Crippen LogP contribution in [-0.4, -0.2) is 18.1 Å². The molecule has 2 heterocycles. The maximum atomic E-state index is 12.8. The molecule has 138 valence electrons. The Morgan fingerprint density at radius 1 is 1.38 bits per heavy atom. The minimum absolute atomic E-state index is 0.0155. The molecule has 0 fully saturated rings. The summed E-state index contributed by atoms with van der Waals surface area (Å²) in [7, 11) is 1.53. The van der Waals surface area contributed by atoms with Gasteiger partial charge in [0.1, 0.15) is 11.2 Å². The number of fused-ring (bicyclic) bond motifs is 3. The number of nitrogens with one attached hydrogen (secondary N) is 2. The van der Waals surface area contributed by atoms with Crippen molar-refractivity contribution in [2.75, 3.05) is 12.4 Å². The van der Waals surface area contributed by atoms with E-state index in [0.717, 1.165) is 41.3 Å². The van der Waals surface area contributed by atoms with Gasteiger partial charge in [0.25, 0.3) is 5.91 Å².